The van der Waals surface area contributed by atoms with Gasteiger partial charge in [-0.3, -0.25) is 9.69 Å². The van der Waals surface area contributed by atoms with Crippen LogP contribution in [-0.2, 0) is 11.3 Å². The lowest BCUT2D eigenvalue weighted by atomic mass is 10.1. The molecule has 0 spiro atoms. The molecule has 0 bridgehead atoms. The smallest absolute Gasteiger partial charge is 0.244 e. The molecule has 0 aliphatic carbocycles. The molecule has 1 aliphatic heterocycles. The van der Waals surface area contributed by atoms with Crippen LogP contribution in [0.4, 0.5) is 10.1 Å². The second-order valence-corrected chi connectivity index (χ2v) is 6.09. The Morgan fingerprint density at radius 1 is 1.13 bits per heavy atom. The van der Waals surface area contributed by atoms with Gasteiger partial charge in [-0.05, 0) is 25.1 Å². The fraction of sp³-hybridized carbons (Fsp3) is 0.278. The largest absolute Gasteiger partial charge is 0.308 e. The average molecular weight is 333 g/mol. The Kier molecular flexibility index (Phi) is 4.64. The number of carbonyl (C=O) groups is 1. The first-order valence-electron chi connectivity index (χ1n) is 7.61. The summed E-state index contributed by atoms with van der Waals surface area (Å²) in [4.78, 5) is 16.4. The van der Waals surface area contributed by atoms with Crippen LogP contribution < -0.4 is 4.90 Å². The molecule has 0 unspecified atom stereocenters. The van der Waals surface area contributed by atoms with Crippen LogP contribution in [0.1, 0.15) is 12.5 Å². The molecule has 1 aliphatic rings. The van der Waals surface area contributed by atoms with Gasteiger partial charge in [0.15, 0.2) is 0 Å². The molecule has 2 aromatic carbocycles. The normalized spacial score (nSPS) is 19.2. The number of hydrogen-bond acceptors (Lipinski definition) is 2. The van der Waals surface area contributed by atoms with E-state index in [0.29, 0.717) is 30.2 Å². The number of anilines is 1. The molecule has 0 N–H and O–H groups in total. The number of piperazine rings is 1. The van der Waals surface area contributed by atoms with E-state index in [-0.39, 0.29) is 17.8 Å². The van der Waals surface area contributed by atoms with Crippen molar-refractivity contribution in [2.24, 2.45) is 0 Å². The van der Waals surface area contributed by atoms with Crippen LogP contribution in [0.15, 0.2) is 48.5 Å². The van der Waals surface area contributed by atoms with Gasteiger partial charge in [0.05, 0.1) is 16.8 Å². The van der Waals surface area contributed by atoms with Gasteiger partial charge in [0.2, 0.25) is 5.91 Å². The summed E-state index contributed by atoms with van der Waals surface area (Å²) in [6.45, 7) is 3.50. The zero-order chi connectivity index (χ0) is 16.4. The number of halogens is 2. The van der Waals surface area contributed by atoms with Crippen molar-refractivity contribution in [1.82, 2.24) is 4.90 Å². The Balaban J connectivity index is 1.77. The highest BCUT2D eigenvalue weighted by Crippen LogP contribution is 2.28. The third-order valence-corrected chi connectivity index (χ3v) is 4.58. The predicted octanol–water partition coefficient (Wildman–Crippen LogP) is 3.72. The molecule has 1 fully saturated rings. The molecule has 3 rings (SSSR count). The van der Waals surface area contributed by atoms with Crippen molar-refractivity contribution in [3.05, 3.63) is 64.9 Å². The maximum Gasteiger partial charge on any atom is 0.244 e. The Hall–Kier alpha value is -1.91. The highest BCUT2D eigenvalue weighted by molar-refractivity contribution is 6.33. The van der Waals surface area contributed by atoms with Gasteiger partial charge in [-0.15, -0.1) is 0 Å². The van der Waals surface area contributed by atoms with Crippen molar-refractivity contribution < 1.29 is 9.18 Å². The van der Waals surface area contributed by atoms with Crippen LogP contribution in [0.5, 0.6) is 0 Å². The number of amides is 1. The predicted molar refractivity (Wildman–Crippen MR) is 90.1 cm³/mol. The highest BCUT2D eigenvalue weighted by Gasteiger charge is 2.33. The molecule has 120 valence electrons. The minimum Gasteiger partial charge on any atom is -0.308 e. The van der Waals surface area contributed by atoms with Gasteiger partial charge in [0.1, 0.15) is 5.82 Å². The first-order valence-corrected chi connectivity index (χ1v) is 7.99. The van der Waals surface area contributed by atoms with Crippen molar-refractivity contribution >= 4 is 23.2 Å². The lowest BCUT2D eigenvalue weighted by Crippen LogP contribution is -2.55. The van der Waals surface area contributed by atoms with Crippen LogP contribution in [0.25, 0.3) is 0 Å². The summed E-state index contributed by atoms with van der Waals surface area (Å²) in [5.41, 5.74) is 1.34. The summed E-state index contributed by atoms with van der Waals surface area (Å²) < 4.78 is 13.8. The second-order valence-electron chi connectivity index (χ2n) is 5.68. The molecule has 0 aromatic heterocycles. The first kappa shape index (κ1) is 16.0. The van der Waals surface area contributed by atoms with Crippen molar-refractivity contribution in [3.8, 4) is 0 Å². The number of para-hydroxylation sites is 1. The van der Waals surface area contributed by atoms with Gasteiger partial charge in [-0.2, -0.15) is 0 Å². The van der Waals surface area contributed by atoms with E-state index < -0.39 is 0 Å². The molecule has 5 heteroatoms. The number of nitrogens with zero attached hydrogens (tertiary/aromatic N) is 2. The van der Waals surface area contributed by atoms with Gasteiger partial charge >= 0.3 is 0 Å². The molecule has 3 nitrogen and oxygen atoms in total. The summed E-state index contributed by atoms with van der Waals surface area (Å²) >= 11 is 6.20. The van der Waals surface area contributed by atoms with E-state index in [1.54, 1.807) is 23.1 Å². The van der Waals surface area contributed by atoms with Crippen molar-refractivity contribution in [2.75, 3.05) is 18.0 Å². The molecule has 0 radical (unpaired) electrons. The number of benzene rings is 2. The lowest BCUT2D eigenvalue weighted by molar-refractivity contribution is -0.125. The van der Waals surface area contributed by atoms with E-state index in [1.165, 1.54) is 6.07 Å². The van der Waals surface area contributed by atoms with E-state index >= 15 is 0 Å². The Labute approximate surface area is 140 Å². The number of carbonyl (C=O) groups excluding carboxylic acids is 1. The maximum atomic E-state index is 13.8. The van der Waals surface area contributed by atoms with Crippen molar-refractivity contribution in [1.29, 1.82) is 0 Å². The average Bonchev–Trinajstić information content (AvgIpc) is 2.55. The zero-order valence-corrected chi connectivity index (χ0v) is 13.6. The van der Waals surface area contributed by atoms with Crippen LogP contribution in [0, 0.1) is 5.82 Å². The first-order chi connectivity index (χ1) is 11.1. The quantitative estimate of drug-likeness (QED) is 0.855. The molecule has 0 saturated carbocycles. The summed E-state index contributed by atoms with van der Waals surface area (Å²) in [7, 11) is 0. The molecule has 1 atom stereocenters. The third kappa shape index (κ3) is 3.23. The van der Waals surface area contributed by atoms with Gasteiger partial charge in [-0.1, -0.05) is 41.9 Å². The van der Waals surface area contributed by atoms with E-state index in [9.17, 15) is 9.18 Å². The van der Waals surface area contributed by atoms with Crippen LogP contribution in [0.2, 0.25) is 5.02 Å². The summed E-state index contributed by atoms with van der Waals surface area (Å²) in [6.07, 6.45) is 0. The lowest BCUT2D eigenvalue weighted by Gasteiger charge is -2.39. The van der Waals surface area contributed by atoms with Crippen molar-refractivity contribution in [3.63, 3.8) is 0 Å². The molecular weight excluding hydrogens is 315 g/mol. The van der Waals surface area contributed by atoms with Gasteiger partial charge in [-0.25, -0.2) is 4.39 Å². The Morgan fingerprint density at radius 2 is 1.83 bits per heavy atom. The van der Waals surface area contributed by atoms with Crippen LogP contribution in [-0.4, -0.2) is 29.9 Å². The summed E-state index contributed by atoms with van der Waals surface area (Å²) in [5, 5.41) is 0.565. The van der Waals surface area contributed by atoms with Crippen LogP contribution in [0.3, 0.4) is 0 Å². The fourth-order valence-electron chi connectivity index (χ4n) is 2.89. The van der Waals surface area contributed by atoms with E-state index in [1.807, 2.05) is 36.1 Å². The Bertz CT molecular complexity index is 722. The maximum absolute atomic E-state index is 13.8. The zero-order valence-electron chi connectivity index (χ0n) is 12.9. The molecule has 1 amide bonds. The fourth-order valence-corrected chi connectivity index (χ4v) is 3.12. The monoisotopic (exact) mass is 332 g/mol. The summed E-state index contributed by atoms with van der Waals surface area (Å²) in [5.74, 6) is -0.249. The minimum atomic E-state index is -0.320. The standard InChI is InChI=1S/C18H18ClFN2O/c1-13-18(23)22(17-9-5-3-7-15(17)19)11-10-21(13)12-14-6-2-4-8-16(14)20/h2-9,13H,10-12H2,1H3/t13-/m1/s1. The van der Waals surface area contributed by atoms with E-state index in [2.05, 4.69) is 0 Å². The molecule has 1 heterocycles. The summed E-state index contributed by atoms with van der Waals surface area (Å²) in [6, 6.07) is 13.7. The molecule has 23 heavy (non-hydrogen) atoms. The van der Waals surface area contributed by atoms with Crippen molar-refractivity contribution in [2.45, 2.75) is 19.5 Å². The molecular formula is C18H18ClFN2O. The van der Waals surface area contributed by atoms with Gasteiger partial charge < -0.3 is 4.90 Å². The molecule has 1 saturated heterocycles. The van der Waals surface area contributed by atoms with Crippen LogP contribution >= 0.6 is 11.6 Å². The van der Waals surface area contributed by atoms with E-state index in [4.69, 9.17) is 11.6 Å². The highest BCUT2D eigenvalue weighted by atomic mass is 35.5. The van der Waals surface area contributed by atoms with E-state index in [0.717, 1.165) is 5.69 Å². The third-order valence-electron chi connectivity index (χ3n) is 4.26. The number of hydrogen-bond donors (Lipinski definition) is 0. The molecule has 2 aromatic rings. The SMILES string of the molecule is C[C@@H]1C(=O)N(c2ccccc2Cl)CCN1Cc1ccccc1F. The van der Waals surface area contributed by atoms with Gasteiger partial charge in [0, 0.05) is 25.2 Å². The van der Waals surface area contributed by atoms with Gasteiger partial charge in [0.25, 0.3) is 0 Å². The minimum absolute atomic E-state index is 0.0133. The second kappa shape index (κ2) is 6.69. The number of rotatable bonds is 3. The Morgan fingerprint density at radius 3 is 2.57 bits per heavy atom. The topological polar surface area (TPSA) is 23.6 Å².